The molecule has 2 saturated heterocycles. The molecule has 1 aromatic carbocycles. The Hall–Kier alpha value is -1.69. The number of fused-ring (bicyclic) bond motifs is 1. The van der Waals surface area contributed by atoms with Crippen LogP contribution in [0, 0.1) is 5.82 Å². The molecule has 170 valence electrons. The van der Waals surface area contributed by atoms with Crippen LogP contribution < -0.4 is 10.9 Å². The average molecular weight is 471 g/mol. The largest absolute Gasteiger partial charge is 0.381 e. The van der Waals surface area contributed by atoms with Crippen LogP contribution in [0.1, 0.15) is 31.5 Å². The lowest BCUT2D eigenvalue weighted by molar-refractivity contribution is 0.1000. The Morgan fingerprint density at radius 3 is 2.84 bits per heavy atom. The normalized spacial score (nSPS) is 21.4. The van der Waals surface area contributed by atoms with Gasteiger partial charge >= 0.3 is 0 Å². The van der Waals surface area contributed by atoms with E-state index in [1.165, 1.54) is 16.6 Å². The Morgan fingerprint density at radius 2 is 2.10 bits per heavy atom. The topological polar surface area (TPSA) is 104 Å². The molecule has 1 atom stereocenters. The lowest BCUT2D eigenvalue weighted by atomic mass is 10.1. The maximum Gasteiger partial charge on any atom is 0.261 e. The van der Waals surface area contributed by atoms with Gasteiger partial charge in [0.1, 0.15) is 17.0 Å². The lowest BCUT2D eigenvalue weighted by Crippen LogP contribution is -2.44. The number of rotatable bonds is 6. The van der Waals surface area contributed by atoms with E-state index in [1.54, 1.807) is 17.8 Å². The zero-order chi connectivity index (χ0) is 22.0. The summed E-state index contributed by atoms with van der Waals surface area (Å²) in [5.41, 5.74) is 0.300. The molecular weight excluding hydrogens is 443 g/mol. The summed E-state index contributed by atoms with van der Waals surface area (Å²) in [6, 6.07) is 2.80. The van der Waals surface area contributed by atoms with Gasteiger partial charge in [-0.15, -0.1) is 0 Å². The van der Waals surface area contributed by atoms with Gasteiger partial charge in [-0.1, -0.05) is 0 Å². The first kappa shape index (κ1) is 22.5. The summed E-state index contributed by atoms with van der Waals surface area (Å²) in [7, 11) is -3.27. The first-order chi connectivity index (χ1) is 14.8. The molecule has 2 aliphatic rings. The van der Waals surface area contributed by atoms with Crippen LogP contribution in [0.15, 0.2) is 16.9 Å². The number of halogens is 1. The van der Waals surface area contributed by atoms with Crippen molar-refractivity contribution in [1.82, 2.24) is 14.3 Å². The highest BCUT2D eigenvalue weighted by Gasteiger charge is 2.26. The molecule has 3 heterocycles. The molecule has 4 rings (SSSR count). The van der Waals surface area contributed by atoms with Crippen LogP contribution in [0.5, 0.6) is 0 Å². The van der Waals surface area contributed by atoms with Crippen LogP contribution in [0.3, 0.4) is 0 Å². The minimum atomic E-state index is -3.27. The van der Waals surface area contributed by atoms with E-state index in [1.807, 2.05) is 0 Å². The summed E-state index contributed by atoms with van der Waals surface area (Å²) in [5, 5.41) is 3.62. The van der Waals surface area contributed by atoms with Crippen LogP contribution in [0.25, 0.3) is 10.9 Å². The van der Waals surface area contributed by atoms with Crippen LogP contribution in [-0.2, 0) is 20.5 Å². The molecule has 1 unspecified atom stereocenters. The molecule has 11 heteroatoms. The number of nitrogens with one attached hydrogen (secondary N) is 2. The summed E-state index contributed by atoms with van der Waals surface area (Å²) in [6.07, 6.45) is 4.64. The fraction of sp³-hybridized carbons (Fsp3) is 0.600. The van der Waals surface area contributed by atoms with Crippen molar-refractivity contribution in [2.75, 3.05) is 37.9 Å². The fourth-order valence-electron chi connectivity index (χ4n) is 4.06. The zero-order valence-corrected chi connectivity index (χ0v) is 19.0. The van der Waals surface area contributed by atoms with Crippen LogP contribution in [0.2, 0.25) is 0 Å². The number of ether oxygens (including phenoxy) is 1. The van der Waals surface area contributed by atoms with E-state index in [2.05, 4.69) is 15.3 Å². The summed E-state index contributed by atoms with van der Waals surface area (Å²) in [6.45, 7) is 2.32. The van der Waals surface area contributed by atoms with E-state index in [4.69, 9.17) is 4.74 Å². The van der Waals surface area contributed by atoms with Gasteiger partial charge < -0.3 is 15.0 Å². The van der Waals surface area contributed by atoms with Crippen LogP contribution in [0.4, 0.5) is 10.1 Å². The molecule has 8 nitrogen and oxygen atoms in total. The third kappa shape index (κ3) is 5.57. The number of aromatic amines is 1. The second-order valence-corrected chi connectivity index (χ2v) is 11.4. The van der Waals surface area contributed by atoms with Crippen molar-refractivity contribution < 1.29 is 17.5 Å². The number of benzene rings is 1. The molecule has 0 spiro atoms. The third-order valence-electron chi connectivity index (χ3n) is 5.66. The standard InChI is InChI=1S/C20H27FN4O4S2/c1-31(27,28)25-6-2-3-13(11-25)22-14-9-16(21)19-17(10-14)23-18(24-20(19)26)12-30-15-4-7-29-8-5-15/h9-10,13,15,22H,2-8,11-12H2,1H3,(H,23,24,26). The molecule has 31 heavy (non-hydrogen) atoms. The van der Waals surface area contributed by atoms with E-state index in [-0.39, 0.29) is 11.4 Å². The van der Waals surface area contributed by atoms with Crippen molar-refractivity contribution >= 4 is 38.4 Å². The van der Waals surface area contributed by atoms with E-state index in [0.29, 0.717) is 41.1 Å². The molecule has 0 radical (unpaired) electrons. The van der Waals surface area contributed by atoms with Crippen molar-refractivity contribution in [3.8, 4) is 0 Å². The monoisotopic (exact) mass is 470 g/mol. The van der Waals surface area contributed by atoms with Gasteiger partial charge in [0.15, 0.2) is 0 Å². The lowest BCUT2D eigenvalue weighted by Gasteiger charge is -2.32. The number of thioether (sulfide) groups is 1. The second kappa shape index (κ2) is 9.43. The third-order valence-corrected chi connectivity index (χ3v) is 8.31. The van der Waals surface area contributed by atoms with Crippen molar-refractivity contribution in [3.63, 3.8) is 0 Å². The fourth-order valence-corrected chi connectivity index (χ4v) is 6.03. The quantitative estimate of drug-likeness (QED) is 0.668. The molecule has 2 fully saturated rings. The van der Waals surface area contributed by atoms with Crippen molar-refractivity contribution in [1.29, 1.82) is 0 Å². The van der Waals surface area contributed by atoms with E-state index < -0.39 is 21.4 Å². The number of aromatic nitrogens is 2. The number of hydrogen-bond acceptors (Lipinski definition) is 7. The van der Waals surface area contributed by atoms with E-state index in [9.17, 15) is 17.6 Å². The minimum absolute atomic E-state index is 0.0632. The average Bonchev–Trinajstić information content (AvgIpc) is 2.72. The Balaban J connectivity index is 1.52. The summed E-state index contributed by atoms with van der Waals surface area (Å²) >= 11 is 1.72. The molecular formula is C20H27FN4O4S2. The van der Waals surface area contributed by atoms with Gasteiger partial charge in [0.05, 0.1) is 17.5 Å². The van der Waals surface area contributed by atoms with Gasteiger partial charge in [-0.05, 0) is 37.8 Å². The zero-order valence-electron chi connectivity index (χ0n) is 17.4. The molecule has 0 bridgehead atoms. The smallest absolute Gasteiger partial charge is 0.261 e. The summed E-state index contributed by atoms with van der Waals surface area (Å²) in [4.78, 5) is 19.7. The van der Waals surface area contributed by atoms with Crippen LogP contribution >= 0.6 is 11.8 Å². The molecule has 2 aromatic rings. The molecule has 1 aromatic heterocycles. The molecule has 2 N–H and O–H groups in total. The van der Waals surface area contributed by atoms with Crippen molar-refractivity contribution in [3.05, 3.63) is 34.1 Å². The minimum Gasteiger partial charge on any atom is -0.381 e. The molecule has 0 saturated carbocycles. The van der Waals surface area contributed by atoms with Gasteiger partial charge in [-0.3, -0.25) is 4.79 Å². The van der Waals surface area contributed by atoms with Crippen LogP contribution in [-0.4, -0.2) is 66.5 Å². The molecule has 0 aliphatic carbocycles. The van der Waals surface area contributed by atoms with Crippen molar-refractivity contribution in [2.45, 2.75) is 42.7 Å². The van der Waals surface area contributed by atoms with E-state index >= 15 is 0 Å². The first-order valence-corrected chi connectivity index (χ1v) is 13.3. The Kier molecular flexibility index (Phi) is 6.85. The van der Waals surface area contributed by atoms with Gasteiger partial charge in [-0.2, -0.15) is 11.8 Å². The Bertz CT molecular complexity index is 1100. The second-order valence-electron chi connectivity index (χ2n) is 8.09. The van der Waals surface area contributed by atoms with E-state index in [0.717, 1.165) is 38.9 Å². The number of hydrogen-bond donors (Lipinski definition) is 2. The van der Waals surface area contributed by atoms with Gasteiger partial charge in [0, 0.05) is 43.3 Å². The number of nitrogens with zero attached hydrogens (tertiary/aromatic N) is 2. The maximum atomic E-state index is 14.7. The Morgan fingerprint density at radius 1 is 1.32 bits per heavy atom. The molecule has 2 aliphatic heterocycles. The predicted molar refractivity (Wildman–Crippen MR) is 121 cm³/mol. The highest BCUT2D eigenvalue weighted by molar-refractivity contribution is 7.99. The SMILES string of the molecule is CS(=O)(=O)N1CCCC(Nc2cc(F)c3c(=O)[nH]c(CSC4CCOCC4)nc3c2)C1. The first-order valence-electron chi connectivity index (χ1n) is 10.4. The van der Waals surface area contributed by atoms with Crippen molar-refractivity contribution in [2.24, 2.45) is 0 Å². The molecule has 0 amide bonds. The summed E-state index contributed by atoms with van der Waals surface area (Å²) in [5.74, 6) is 0.417. The number of sulfonamides is 1. The van der Waals surface area contributed by atoms with Gasteiger partial charge in [0.25, 0.3) is 5.56 Å². The highest BCUT2D eigenvalue weighted by atomic mass is 32.2. The van der Waals surface area contributed by atoms with Gasteiger partial charge in [-0.25, -0.2) is 22.1 Å². The highest BCUT2D eigenvalue weighted by Crippen LogP contribution is 2.26. The maximum absolute atomic E-state index is 14.7. The number of piperidine rings is 1. The Labute approximate surface area is 185 Å². The number of anilines is 1. The summed E-state index contributed by atoms with van der Waals surface area (Å²) < 4.78 is 45.2. The van der Waals surface area contributed by atoms with Gasteiger partial charge in [0.2, 0.25) is 10.0 Å². The number of H-pyrrole nitrogens is 1. The predicted octanol–water partition coefficient (Wildman–Crippen LogP) is 2.31.